The van der Waals surface area contributed by atoms with Crippen LogP contribution in [0.25, 0.3) is 0 Å². The lowest BCUT2D eigenvalue weighted by Crippen LogP contribution is -2.05. The van der Waals surface area contributed by atoms with E-state index in [1.807, 2.05) is 0 Å². The summed E-state index contributed by atoms with van der Waals surface area (Å²) in [7, 11) is 0. The fourth-order valence-corrected chi connectivity index (χ4v) is 11.4. The fraction of sp³-hybridized carbons (Fsp3) is 0.986. The zero-order chi connectivity index (χ0) is 51.0. The molecule has 0 atom stereocenters. The summed E-state index contributed by atoms with van der Waals surface area (Å²) in [6.07, 6.45) is 92.2. The number of unbranched alkanes of at least 4 members (excludes halogenated alkanes) is 62. The third-order valence-electron chi connectivity index (χ3n) is 16.5. The van der Waals surface area contributed by atoms with Crippen molar-refractivity contribution in [3.8, 4) is 0 Å². The molecule has 0 amide bonds. The van der Waals surface area contributed by atoms with Gasteiger partial charge < -0.3 is 4.74 Å². The van der Waals surface area contributed by atoms with Gasteiger partial charge in [-0.3, -0.25) is 4.79 Å². The molecule has 0 rings (SSSR count). The van der Waals surface area contributed by atoms with Crippen LogP contribution in [0.2, 0.25) is 0 Å². The molecule has 426 valence electrons. The molecule has 0 spiro atoms. The Labute approximate surface area is 451 Å². The molecule has 0 fully saturated rings. The van der Waals surface area contributed by atoms with E-state index in [0.29, 0.717) is 13.0 Å². The monoisotopic (exact) mass is 999 g/mol. The Morgan fingerprint density at radius 2 is 0.310 bits per heavy atom. The van der Waals surface area contributed by atoms with E-state index >= 15 is 0 Å². The van der Waals surface area contributed by atoms with E-state index in [9.17, 15) is 4.79 Å². The molecule has 0 aromatic carbocycles. The van der Waals surface area contributed by atoms with Crippen LogP contribution in [-0.2, 0) is 9.53 Å². The zero-order valence-electron chi connectivity index (χ0n) is 50.0. The number of esters is 1. The molecule has 0 aliphatic heterocycles. The van der Waals surface area contributed by atoms with Gasteiger partial charge in [-0.2, -0.15) is 0 Å². The van der Waals surface area contributed by atoms with Crippen molar-refractivity contribution in [1.82, 2.24) is 0 Å². The largest absolute Gasteiger partial charge is 0.466 e. The Bertz CT molecular complexity index is 913. The molecule has 0 aliphatic carbocycles. The lowest BCUT2D eigenvalue weighted by Gasteiger charge is -2.06. The summed E-state index contributed by atoms with van der Waals surface area (Å²) in [5, 5.41) is 0. The van der Waals surface area contributed by atoms with Gasteiger partial charge in [0.1, 0.15) is 0 Å². The SMILES string of the molecule is CCCCCCCCCCCCCCCCCCCCCCCCCCCCCCCCCCCCCCC(=O)OCCCCCCCCCCCCCCCCCCCCCCCCCCCCCC. The molecule has 0 saturated carbocycles. The van der Waals surface area contributed by atoms with Crippen molar-refractivity contribution >= 4 is 5.97 Å². The Hall–Kier alpha value is -0.530. The van der Waals surface area contributed by atoms with Gasteiger partial charge in [-0.05, 0) is 12.8 Å². The molecule has 0 radical (unpaired) electrons. The highest BCUT2D eigenvalue weighted by molar-refractivity contribution is 5.69. The van der Waals surface area contributed by atoms with Crippen molar-refractivity contribution in [3.05, 3.63) is 0 Å². The molecule has 0 aromatic heterocycles. The summed E-state index contributed by atoms with van der Waals surface area (Å²) in [5.74, 6) is 0.0381. The number of ether oxygens (including phenoxy) is 1. The van der Waals surface area contributed by atoms with Crippen LogP contribution in [-0.4, -0.2) is 12.6 Å². The predicted octanol–water partition coefficient (Wildman–Crippen LogP) is 25.9. The molecule has 2 nitrogen and oxygen atoms in total. The summed E-state index contributed by atoms with van der Waals surface area (Å²) < 4.78 is 5.54. The maximum Gasteiger partial charge on any atom is 0.305 e. The first-order valence-electron chi connectivity index (χ1n) is 34.5. The minimum absolute atomic E-state index is 0.0381. The smallest absolute Gasteiger partial charge is 0.305 e. The first kappa shape index (κ1) is 70.5. The van der Waals surface area contributed by atoms with Gasteiger partial charge in [-0.25, -0.2) is 0 Å². The van der Waals surface area contributed by atoms with E-state index in [0.717, 1.165) is 12.8 Å². The number of rotatable bonds is 66. The summed E-state index contributed by atoms with van der Waals surface area (Å²) in [4.78, 5) is 12.2. The summed E-state index contributed by atoms with van der Waals surface area (Å²) in [6, 6.07) is 0. The van der Waals surface area contributed by atoms with Gasteiger partial charge in [0.05, 0.1) is 6.61 Å². The average Bonchev–Trinajstić information content (AvgIpc) is 3.38. The average molecular weight is 1000 g/mol. The van der Waals surface area contributed by atoms with Gasteiger partial charge in [-0.15, -0.1) is 0 Å². The van der Waals surface area contributed by atoms with Crippen molar-refractivity contribution in [2.45, 2.75) is 431 Å². The number of carbonyl (C=O) groups excluding carboxylic acids is 1. The maximum atomic E-state index is 12.2. The molecular formula is C69H138O2. The van der Waals surface area contributed by atoms with E-state index in [2.05, 4.69) is 13.8 Å². The topological polar surface area (TPSA) is 26.3 Å². The zero-order valence-corrected chi connectivity index (χ0v) is 50.0. The van der Waals surface area contributed by atoms with Crippen LogP contribution >= 0.6 is 0 Å². The maximum absolute atomic E-state index is 12.2. The highest BCUT2D eigenvalue weighted by Crippen LogP contribution is 2.20. The van der Waals surface area contributed by atoms with Crippen LogP contribution in [0.5, 0.6) is 0 Å². The van der Waals surface area contributed by atoms with Crippen LogP contribution in [0.1, 0.15) is 431 Å². The minimum atomic E-state index is 0.0381. The molecular weight excluding hydrogens is 861 g/mol. The standard InChI is InChI=1S/C69H138O2/c1-3-5-7-9-11-13-15-17-19-21-23-25-27-29-31-33-34-35-36-37-38-39-40-41-43-45-47-49-51-53-55-57-59-61-63-65-67-69(70)71-68-66-64-62-60-58-56-54-52-50-48-46-44-42-32-30-28-26-24-22-20-18-16-14-12-10-8-6-4-2/h3-68H2,1-2H3. The fourth-order valence-electron chi connectivity index (χ4n) is 11.4. The second-order valence-corrected chi connectivity index (χ2v) is 23.9. The molecule has 0 saturated heterocycles. The third-order valence-corrected chi connectivity index (χ3v) is 16.5. The third kappa shape index (κ3) is 67.5. The lowest BCUT2D eigenvalue weighted by atomic mass is 10.0. The summed E-state index contributed by atoms with van der Waals surface area (Å²) in [5.41, 5.74) is 0. The summed E-state index contributed by atoms with van der Waals surface area (Å²) >= 11 is 0. The number of hydrogen-bond acceptors (Lipinski definition) is 2. The van der Waals surface area contributed by atoms with Gasteiger partial charge in [-0.1, -0.05) is 412 Å². The van der Waals surface area contributed by atoms with Crippen LogP contribution < -0.4 is 0 Å². The molecule has 71 heavy (non-hydrogen) atoms. The van der Waals surface area contributed by atoms with Crippen molar-refractivity contribution in [1.29, 1.82) is 0 Å². The van der Waals surface area contributed by atoms with Crippen molar-refractivity contribution in [3.63, 3.8) is 0 Å². The van der Waals surface area contributed by atoms with E-state index in [1.54, 1.807) is 0 Å². The Kier molecular flexibility index (Phi) is 67.0. The van der Waals surface area contributed by atoms with Gasteiger partial charge in [0.2, 0.25) is 0 Å². The quantitative estimate of drug-likeness (QED) is 0.0448. The van der Waals surface area contributed by atoms with Gasteiger partial charge in [0.15, 0.2) is 0 Å². The highest BCUT2D eigenvalue weighted by atomic mass is 16.5. The molecule has 0 bridgehead atoms. The van der Waals surface area contributed by atoms with Crippen molar-refractivity contribution < 1.29 is 9.53 Å². The van der Waals surface area contributed by atoms with Crippen LogP contribution in [0.3, 0.4) is 0 Å². The van der Waals surface area contributed by atoms with Crippen LogP contribution in [0.15, 0.2) is 0 Å². The number of hydrogen-bond donors (Lipinski definition) is 0. The second kappa shape index (κ2) is 67.5. The highest BCUT2D eigenvalue weighted by Gasteiger charge is 2.04. The molecule has 0 heterocycles. The van der Waals surface area contributed by atoms with Crippen LogP contribution in [0, 0.1) is 0 Å². The van der Waals surface area contributed by atoms with Crippen molar-refractivity contribution in [2.75, 3.05) is 6.61 Å². The first-order valence-corrected chi connectivity index (χ1v) is 34.5. The Morgan fingerprint density at radius 1 is 0.183 bits per heavy atom. The van der Waals surface area contributed by atoms with E-state index in [-0.39, 0.29) is 5.97 Å². The van der Waals surface area contributed by atoms with E-state index in [4.69, 9.17) is 4.74 Å². The first-order chi connectivity index (χ1) is 35.3. The molecule has 0 unspecified atom stereocenters. The molecule has 0 aliphatic rings. The summed E-state index contributed by atoms with van der Waals surface area (Å²) in [6.45, 7) is 5.26. The normalized spacial score (nSPS) is 11.6. The predicted molar refractivity (Wildman–Crippen MR) is 322 cm³/mol. The number of carbonyl (C=O) groups is 1. The van der Waals surface area contributed by atoms with Crippen molar-refractivity contribution in [2.24, 2.45) is 0 Å². The second-order valence-electron chi connectivity index (χ2n) is 23.9. The molecule has 0 aromatic rings. The van der Waals surface area contributed by atoms with Gasteiger partial charge >= 0.3 is 5.97 Å². The minimum Gasteiger partial charge on any atom is -0.466 e. The van der Waals surface area contributed by atoms with Crippen LogP contribution in [0.4, 0.5) is 0 Å². The lowest BCUT2D eigenvalue weighted by molar-refractivity contribution is -0.143. The van der Waals surface area contributed by atoms with Gasteiger partial charge in [0.25, 0.3) is 0 Å². The van der Waals surface area contributed by atoms with Gasteiger partial charge in [0, 0.05) is 6.42 Å². The molecule has 0 N–H and O–H groups in total. The van der Waals surface area contributed by atoms with E-state index < -0.39 is 0 Å². The Balaban J connectivity index is 3.14. The van der Waals surface area contributed by atoms with E-state index in [1.165, 1.54) is 398 Å². The molecule has 2 heteroatoms. The Morgan fingerprint density at radius 3 is 0.465 bits per heavy atom.